The molecule has 5 rings (SSSR count). The van der Waals surface area contributed by atoms with Crippen molar-refractivity contribution in [2.45, 2.75) is 64.9 Å². The summed E-state index contributed by atoms with van der Waals surface area (Å²) in [5.74, 6) is 0.566. The second-order valence-corrected chi connectivity index (χ2v) is 13.5. The maximum atomic E-state index is 13.8. The third-order valence-corrected chi connectivity index (χ3v) is 8.74. The summed E-state index contributed by atoms with van der Waals surface area (Å²) >= 11 is 0. The van der Waals surface area contributed by atoms with Crippen molar-refractivity contribution in [3.05, 3.63) is 64.7 Å². The topological polar surface area (TPSA) is 68.4 Å². The first-order chi connectivity index (χ1) is 21.4. The first-order valence-corrected chi connectivity index (χ1v) is 16.1. The van der Waals surface area contributed by atoms with Crippen LogP contribution in [0.15, 0.2) is 42.5 Å². The van der Waals surface area contributed by atoms with Gasteiger partial charge in [-0.25, -0.2) is 4.79 Å². The molecule has 0 bridgehead atoms. The monoisotopic (exact) mass is 629 g/mol. The van der Waals surface area contributed by atoms with E-state index in [9.17, 15) is 22.8 Å². The van der Waals surface area contributed by atoms with E-state index in [1.165, 1.54) is 41.0 Å². The van der Waals surface area contributed by atoms with Crippen molar-refractivity contribution in [3.8, 4) is 0 Å². The fourth-order valence-electron chi connectivity index (χ4n) is 6.11. The van der Waals surface area contributed by atoms with Crippen LogP contribution in [0.3, 0.4) is 0 Å². The molecule has 1 N–H and O–H groups in total. The number of ether oxygens (including phenoxy) is 1. The van der Waals surface area contributed by atoms with Gasteiger partial charge in [0.05, 0.1) is 12.1 Å². The number of carbonyl (C=O) groups is 2. The van der Waals surface area contributed by atoms with E-state index in [1.54, 1.807) is 11.0 Å². The Labute approximate surface area is 264 Å². The lowest BCUT2D eigenvalue weighted by Crippen LogP contribution is -2.51. The molecule has 2 heterocycles. The molecule has 0 unspecified atom stereocenters. The lowest BCUT2D eigenvalue weighted by molar-refractivity contribution is -0.139. The molecule has 11 heteroatoms. The molecule has 0 spiro atoms. The zero-order valence-corrected chi connectivity index (χ0v) is 26.7. The zero-order chi connectivity index (χ0) is 32.2. The second-order valence-electron chi connectivity index (χ2n) is 13.5. The molecule has 2 aromatic carbocycles. The molecule has 246 valence electrons. The summed E-state index contributed by atoms with van der Waals surface area (Å²) in [5, 5.41) is 3.32. The first kappa shape index (κ1) is 33.1. The van der Waals surface area contributed by atoms with E-state index in [-0.39, 0.29) is 37.2 Å². The van der Waals surface area contributed by atoms with Crippen molar-refractivity contribution < 1.29 is 27.5 Å². The summed E-state index contributed by atoms with van der Waals surface area (Å²) in [7, 11) is 0. The summed E-state index contributed by atoms with van der Waals surface area (Å²) in [6.45, 7) is 11.3. The molecule has 2 amide bonds. The molecular weight excluding hydrogens is 583 g/mol. The highest BCUT2D eigenvalue weighted by Crippen LogP contribution is 2.34. The van der Waals surface area contributed by atoms with Gasteiger partial charge >= 0.3 is 12.3 Å². The van der Waals surface area contributed by atoms with E-state index >= 15 is 0 Å². The smallest absolute Gasteiger partial charge is 0.416 e. The fraction of sp³-hybridized carbons (Fsp3) is 0.588. The van der Waals surface area contributed by atoms with Crippen molar-refractivity contribution in [1.29, 1.82) is 0 Å². The van der Waals surface area contributed by atoms with Gasteiger partial charge < -0.3 is 19.9 Å². The predicted molar refractivity (Wildman–Crippen MR) is 168 cm³/mol. The van der Waals surface area contributed by atoms with Gasteiger partial charge in [0.1, 0.15) is 5.60 Å². The Bertz CT molecular complexity index is 1330. The number of benzene rings is 2. The van der Waals surface area contributed by atoms with Gasteiger partial charge in [-0.05, 0) is 74.8 Å². The average molecular weight is 630 g/mol. The number of rotatable bonds is 10. The van der Waals surface area contributed by atoms with Crippen LogP contribution in [0.2, 0.25) is 0 Å². The minimum Gasteiger partial charge on any atom is -0.444 e. The van der Waals surface area contributed by atoms with Gasteiger partial charge in [-0.3, -0.25) is 14.6 Å². The molecule has 2 fully saturated rings. The van der Waals surface area contributed by atoms with Crippen molar-refractivity contribution in [3.63, 3.8) is 0 Å². The van der Waals surface area contributed by atoms with Gasteiger partial charge in [0.25, 0.3) is 0 Å². The number of anilines is 1. The van der Waals surface area contributed by atoms with Crippen LogP contribution in [0.25, 0.3) is 0 Å². The fourth-order valence-corrected chi connectivity index (χ4v) is 6.11. The normalized spacial score (nSPS) is 18.0. The highest BCUT2D eigenvalue weighted by Gasteiger charge is 2.34. The number of carbonyl (C=O) groups excluding carboxylic acids is 2. The van der Waals surface area contributed by atoms with E-state index < -0.39 is 17.3 Å². The number of nitrogens with zero attached hydrogens (tertiary/aromatic N) is 4. The zero-order valence-electron chi connectivity index (χ0n) is 26.7. The Morgan fingerprint density at radius 3 is 2.38 bits per heavy atom. The Balaban J connectivity index is 1.23. The molecular formula is C34H46F3N5O3. The lowest BCUT2D eigenvalue weighted by Gasteiger charge is -2.36. The number of nitrogens with one attached hydrogen (secondary N) is 1. The summed E-state index contributed by atoms with van der Waals surface area (Å²) < 4.78 is 47.0. The molecule has 0 radical (unpaired) electrons. The first-order valence-electron chi connectivity index (χ1n) is 16.1. The molecule has 2 aliphatic heterocycles. The van der Waals surface area contributed by atoms with Crippen LogP contribution in [0.1, 0.15) is 55.9 Å². The highest BCUT2D eigenvalue weighted by molar-refractivity contribution is 5.81. The summed E-state index contributed by atoms with van der Waals surface area (Å²) in [5.41, 5.74) is 2.16. The lowest BCUT2D eigenvalue weighted by atomic mass is 9.97. The highest BCUT2D eigenvalue weighted by atomic mass is 19.4. The molecule has 0 aromatic heterocycles. The predicted octanol–water partition coefficient (Wildman–Crippen LogP) is 5.47. The number of amides is 2. The van der Waals surface area contributed by atoms with Crippen LogP contribution in [-0.2, 0) is 35.2 Å². The third-order valence-electron chi connectivity index (χ3n) is 8.74. The number of hydrogen-bond acceptors (Lipinski definition) is 6. The maximum absolute atomic E-state index is 13.8. The van der Waals surface area contributed by atoms with Gasteiger partial charge in [-0.1, -0.05) is 30.3 Å². The Kier molecular flexibility index (Phi) is 10.3. The van der Waals surface area contributed by atoms with E-state index in [2.05, 4.69) is 21.2 Å². The van der Waals surface area contributed by atoms with E-state index in [1.807, 2.05) is 32.9 Å². The van der Waals surface area contributed by atoms with E-state index in [0.29, 0.717) is 32.7 Å². The van der Waals surface area contributed by atoms with Crippen LogP contribution in [-0.4, -0.2) is 96.1 Å². The second kappa shape index (κ2) is 14.0. The van der Waals surface area contributed by atoms with Gasteiger partial charge in [0.2, 0.25) is 5.91 Å². The van der Waals surface area contributed by atoms with Crippen molar-refractivity contribution in [1.82, 2.24) is 19.6 Å². The maximum Gasteiger partial charge on any atom is 0.416 e. The third kappa shape index (κ3) is 9.36. The standard InChI is InChI=1S/C34H46F3N5O3/c1-33(2,3)45-32(44)41-18-15-39(16-19-41)17-20-42(24-27-7-4-5-9-29(27)34(35,36)37)31(43)21-38-30-10-6-8-26-23-40(14-13-28(26)30)22-25-11-12-25/h4-10,25,38H,11-24H2,1-3H3. The number of halogens is 3. The SMILES string of the molecule is CC(C)(C)OC(=O)N1CCN(CCN(Cc2ccccc2C(F)(F)F)C(=O)CNc2cccc3c2CCN(CC2CC2)C3)CC1. The van der Waals surface area contributed by atoms with Crippen LogP contribution in [0.5, 0.6) is 0 Å². The van der Waals surface area contributed by atoms with Gasteiger partial charge in [0, 0.05) is 71.1 Å². The Morgan fingerprint density at radius 2 is 1.69 bits per heavy atom. The van der Waals surface area contributed by atoms with E-state index in [0.717, 1.165) is 43.7 Å². The molecule has 1 saturated carbocycles. The van der Waals surface area contributed by atoms with Crippen LogP contribution < -0.4 is 5.32 Å². The number of piperazine rings is 1. The van der Waals surface area contributed by atoms with Crippen molar-refractivity contribution >= 4 is 17.7 Å². The number of hydrogen-bond donors (Lipinski definition) is 1. The van der Waals surface area contributed by atoms with Gasteiger partial charge in [0.15, 0.2) is 0 Å². The average Bonchev–Trinajstić information content (AvgIpc) is 3.81. The van der Waals surface area contributed by atoms with Gasteiger partial charge in [-0.15, -0.1) is 0 Å². The van der Waals surface area contributed by atoms with Crippen LogP contribution >= 0.6 is 0 Å². The summed E-state index contributed by atoms with van der Waals surface area (Å²) in [4.78, 5) is 33.9. The molecule has 1 saturated heterocycles. The van der Waals surface area contributed by atoms with Gasteiger partial charge in [-0.2, -0.15) is 13.2 Å². The van der Waals surface area contributed by atoms with E-state index in [4.69, 9.17) is 4.74 Å². The molecule has 8 nitrogen and oxygen atoms in total. The molecule has 45 heavy (non-hydrogen) atoms. The molecule has 1 aliphatic carbocycles. The summed E-state index contributed by atoms with van der Waals surface area (Å²) in [6, 6.07) is 11.6. The summed E-state index contributed by atoms with van der Waals surface area (Å²) in [6.07, 6.45) is -1.33. The van der Waals surface area contributed by atoms with Crippen LogP contribution in [0, 0.1) is 5.92 Å². The Hall–Kier alpha value is -3.31. The number of alkyl halides is 3. The number of fused-ring (bicyclic) bond motifs is 1. The minimum absolute atomic E-state index is 0.0111. The quantitative estimate of drug-likeness (QED) is 0.376. The van der Waals surface area contributed by atoms with Crippen LogP contribution in [0.4, 0.5) is 23.7 Å². The van der Waals surface area contributed by atoms with Crippen molar-refractivity contribution in [2.24, 2.45) is 5.92 Å². The minimum atomic E-state index is -4.52. The Morgan fingerprint density at radius 1 is 0.956 bits per heavy atom. The molecule has 2 aromatic rings. The molecule has 0 atom stereocenters. The van der Waals surface area contributed by atoms with Crippen molar-refractivity contribution in [2.75, 3.05) is 64.2 Å². The largest absolute Gasteiger partial charge is 0.444 e. The molecule has 3 aliphatic rings.